The van der Waals surface area contributed by atoms with Crippen LogP contribution in [0.15, 0.2) is 60.7 Å². The van der Waals surface area contributed by atoms with Crippen molar-refractivity contribution in [1.29, 1.82) is 0 Å². The minimum atomic E-state index is -4.51. The molecule has 19 nitrogen and oxygen atoms in total. The number of nitrogens with one attached hydrogen (secondary N) is 6. The highest BCUT2D eigenvalue weighted by Crippen LogP contribution is 2.27. The average Bonchev–Trinajstić information content (AvgIpc) is 3.29. The fraction of sp³-hybridized carbons (Fsp3) is 0.623. The third-order valence-electron chi connectivity index (χ3n) is 11.5. The van der Waals surface area contributed by atoms with E-state index < -0.39 is 113 Å². The van der Waals surface area contributed by atoms with Gasteiger partial charge in [0.1, 0.15) is 46.5 Å². The lowest BCUT2D eigenvalue weighted by atomic mass is 9.87. The highest BCUT2D eigenvalue weighted by molar-refractivity contribution is 5.96. The molecule has 1 saturated heterocycles. The number of alkyl halides is 3. The number of ether oxygens (including phenoxy) is 4. The molecular weight excluding hydrogens is 984 g/mol. The summed E-state index contributed by atoms with van der Waals surface area (Å²) in [7, 11) is 1.16. The molecule has 6 N–H and O–H groups in total. The van der Waals surface area contributed by atoms with Crippen molar-refractivity contribution in [1.82, 2.24) is 36.8 Å². The average molecular weight is 1060 g/mol. The number of nitrogens with zero attached hydrogens (tertiary/aromatic N) is 1. The first kappa shape index (κ1) is 62.7. The number of halogens is 3. The zero-order chi connectivity index (χ0) is 56.2. The minimum Gasteiger partial charge on any atom is -0.467 e. The summed E-state index contributed by atoms with van der Waals surface area (Å²) in [5, 5.41) is 15.9. The minimum absolute atomic E-state index is 0.00967. The standard InChI is InChI=1S/C53H78F3N7O12/c1-49(2,3)73-46(69)57-30-20-18-26-38(44(67)63-31-28-52(29-32-63,45(68)72-10)62-48(71)75-51(7,8)9)59-41(64)37(25-17-19-27-53(54,55)56)58-42(65)39(33-35-21-13-11-14-22-35)60-43(66)40(34-36-23-15-12-16-24-36)61-47(70)74-50(4,5)6/h11-16,21-24,37-40H,17-20,25-34H2,1-10H3,(H,57,69)(H,58,65)(H,59,64)(H,60,66)(H,61,70)(H,62,71). The molecule has 1 aliphatic heterocycles. The van der Waals surface area contributed by atoms with Gasteiger partial charge in [-0.3, -0.25) is 19.2 Å². The Bertz CT molecular complexity index is 2210. The van der Waals surface area contributed by atoms with E-state index in [4.69, 9.17) is 18.9 Å². The number of esters is 1. The number of piperidine rings is 1. The van der Waals surface area contributed by atoms with Gasteiger partial charge >= 0.3 is 30.4 Å². The summed E-state index contributed by atoms with van der Waals surface area (Å²) < 4.78 is 61.3. The fourth-order valence-electron chi connectivity index (χ4n) is 7.97. The molecule has 22 heteroatoms. The lowest BCUT2D eigenvalue weighted by molar-refractivity contribution is -0.153. The van der Waals surface area contributed by atoms with E-state index >= 15 is 0 Å². The Morgan fingerprint density at radius 1 is 0.560 bits per heavy atom. The van der Waals surface area contributed by atoms with Gasteiger partial charge in [0.05, 0.1) is 7.11 Å². The number of alkyl carbamates (subject to hydrolysis) is 3. The lowest BCUT2D eigenvalue weighted by Crippen LogP contribution is -2.63. The highest BCUT2D eigenvalue weighted by Gasteiger charge is 2.46. The number of hydrogen-bond donors (Lipinski definition) is 6. The van der Waals surface area contributed by atoms with Crippen LogP contribution in [0.2, 0.25) is 0 Å². The quantitative estimate of drug-likeness (QED) is 0.0387. The summed E-state index contributed by atoms with van der Waals surface area (Å²) in [4.78, 5) is 111. The molecule has 418 valence electrons. The third kappa shape index (κ3) is 24.1. The molecule has 2 aromatic rings. The maximum atomic E-state index is 14.5. The number of methoxy groups -OCH3 is 1. The molecular formula is C53H78F3N7O12. The van der Waals surface area contributed by atoms with Gasteiger partial charge in [0.2, 0.25) is 23.6 Å². The number of rotatable bonds is 23. The van der Waals surface area contributed by atoms with E-state index in [0.717, 1.165) is 7.11 Å². The van der Waals surface area contributed by atoms with Gasteiger partial charge in [-0.05, 0) is 118 Å². The van der Waals surface area contributed by atoms with Gasteiger partial charge in [0.15, 0.2) is 0 Å². The summed E-state index contributed by atoms with van der Waals surface area (Å²) in [6.07, 6.45) is -8.77. The van der Waals surface area contributed by atoms with Crippen molar-refractivity contribution in [2.75, 3.05) is 26.7 Å². The summed E-state index contributed by atoms with van der Waals surface area (Å²) in [5.74, 6) is -3.94. The van der Waals surface area contributed by atoms with Gasteiger partial charge in [-0.25, -0.2) is 19.2 Å². The van der Waals surface area contributed by atoms with Crippen molar-refractivity contribution in [3.8, 4) is 0 Å². The molecule has 0 aromatic heterocycles. The van der Waals surface area contributed by atoms with Crippen molar-refractivity contribution in [3.63, 3.8) is 0 Å². The molecule has 4 unspecified atom stereocenters. The van der Waals surface area contributed by atoms with Gasteiger partial charge in [0, 0.05) is 38.9 Å². The molecule has 1 aliphatic rings. The fourth-order valence-corrected chi connectivity index (χ4v) is 7.97. The van der Waals surface area contributed by atoms with E-state index in [9.17, 15) is 51.5 Å². The van der Waals surface area contributed by atoms with Crippen molar-refractivity contribution < 1.29 is 70.5 Å². The molecule has 0 saturated carbocycles. The van der Waals surface area contributed by atoms with Crippen molar-refractivity contribution in [2.45, 2.75) is 186 Å². The Labute approximate surface area is 438 Å². The number of unbranched alkanes of at least 4 members (excludes halogenated alkanes) is 2. The summed E-state index contributed by atoms with van der Waals surface area (Å²) in [6.45, 7) is 15.0. The number of likely N-dealkylation sites (tertiary alicyclic amines) is 1. The van der Waals surface area contributed by atoms with Crippen LogP contribution < -0.4 is 31.9 Å². The Balaban J connectivity index is 1.98. The molecule has 4 atom stereocenters. The number of amides is 7. The Hall–Kier alpha value is -6.61. The maximum Gasteiger partial charge on any atom is 0.408 e. The molecule has 75 heavy (non-hydrogen) atoms. The van der Waals surface area contributed by atoms with Gasteiger partial charge in [-0.15, -0.1) is 0 Å². The molecule has 3 rings (SSSR count). The number of carbonyl (C=O) groups excluding carboxylic acids is 8. The van der Waals surface area contributed by atoms with Crippen LogP contribution in [-0.2, 0) is 55.8 Å². The van der Waals surface area contributed by atoms with Gasteiger partial charge in [-0.1, -0.05) is 67.1 Å². The second-order valence-electron chi connectivity index (χ2n) is 21.6. The summed E-state index contributed by atoms with van der Waals surface area (Å²) in [5.41, 5.74) is -2.88. The van der Waals surface area contributed by atoms with E-state index in [-0.39, 0.29) is 71.0 Å². The predicted octanol–water partition coefficient (Wildman–Crippen LogP) is 6.70. The van der Waals surface area contributed by atoms with Gasteiger partial charge < -0.3 is 55.7 Å². The molecule has 0 bridgehead atoms. The molecule has 1 heterocycles. The van der Waals surface area contributed by atoms with Crippen molar-refractivity contribution in [2.24, 2.45) is 0 Å². The van der Waals surface area contributed by atoms with Crippen LogP contribution in [0.4, 0.5) is 27.6 Å². The second kappa shape index (κ2) is 28.3. The normalized spacial score (nSPS) is 15.3. The Morgan fingerprint density at radius 2 is 0.987 bits per heavy atom. The topological polar surface area (TPSA) is 249 Å². The molecule has 0 aliphatic carbocycles. The first-order valence-corrected chi connectivity index (χ1v) is 25.3. The highest BCUT2D eigenvalue weighted by atomic mass is 19.4. The number of hydrogen-bond acceptors (Lipinski definition) is 12. The van der Waals surface area contributed by atoms with E-state index in [1.807, 2.05) is 0 Å². The summed E-state index contributed by atoms with van der Waals surface area (Å²) in [6, 6.07) is 11.9. The Kier molecular flexibility index (Phi) is 23.7. The maximum absolute atomic E-state index is 14.5. The monoisotopic (exact) mass is 1060 g/mol. The van der Waals surface area contributed by atoms with E-state index in [2.05, 4.69) is 31.9 Å². The van der Waals surface area contributed by atoms with E-state index in [1.165, 1.54) is 4.90 Å². The molecule has 1 fully saturated rings. The van der Waals surface area contributed by atoms with Gasteiger partial charge in [0.25, 0.3) is 0 Å². The van der Waals surface area contributed by atoms with E-state index in [0.29, 0.717) is 17.5 Å². The van der Waals surface area contributed by atoms with Crippen LogP contribution in [0.3, 0.4) is 0 Å². The molecule has 2 aromatic carbocycles. The van der Waals surface area contributed by atoms with Crippen LogP contribution in [0.1, 0.15) is 131 Å². The zero-order valence-corrected chi connectivity index (χ0v) is 45.0. The van der Waals surface area contributed by atoms with E-state index in [1.54, 1.807) is 123 Å². The first-order chi connectivity index (χ1) is 34.9. The van der Waals surface area contributed by atoms with Crippen LogP contribution >= 0.6 is 0 Å². The van der Waals surface area contributed by atoms with Crippen LogP contribution in [0, 0.1) is 0 Å². The first-order valence-electron chi connectivity index (χ1n) is 25.3. The van der Waals surface area contributed by atoms with Crippen LogP contribution in [0.25, 0.3) is 0 Å². The van der Waals surface area contributed by atoms with Crippen molar-refractivity contribution >= 4 is 47.9 Å². The zero-order valence-electron chi connectivity index (χ0n) is 45.0. The smallest absolute Gasteiger partial charge is 0.408 e. The van der Waals surface area contributed by atoms with Crippen LogP contribution in [0.5, 0.6) is 0 Å². The van der Waals surface area contributed by atoms with Crippen molar-refractivity contribution in [3.05, 3.63) is 71.8 Å². The molecule has 0 radical (unpaired) electrons. The molecule has 0 spiro atoms. The Morgan fingerprint density at radius 3 is 1.48 bits per heavy atom. The largest absolute Gasteiger partial charge is 0.467 e. The predicted molar refractivity (Wildman–Crippen MR) is 272 cm³/mol. The SMILES string of the molecule is COC(=O)C1(NC(=O)OC(C)(C)C)CCN(C(=O)C(CCCCNC(=O)OC(C)(C)C)NC(=O)C(CCCCC(F)(F)F)NC(=O)C(Cc2ccccc2)NC(=O)C(Cc2ccccc2)NC(=O)OC(C)(C)C)CC1. The third-order valence-corrected chi connectivity index (χ3v) is 11.5. The van der Waals surface area contributed by atoms with Crippen LogP contribution in [-0.4, -0.2) is 132 Å². The molecule has 7 amide bonds. The lowest BCUT2D eigenvalue weighted by Gasteiger charge is -2.41. The second-order valence-corrected chi connectivity index (χ2v) is 21.6. The van der Waals surface area contributed by atoms with Gasteiger partial charge in [-0.2, -0.15) is 13.2 Å². The number of benzene rings is 2. The number of carbonyl (C=O) groups is 8. The summed E-state index contributed by atoms with van der Waals surface area (Å²) >= 11 is 0.